The van der Waals surface area contributed by atoms with E-state index in [2.05, 4.69) is 76.2 Å². The van der Waals surface area contributed by atoms with Crippen LogP contribution in [0.1, 0.15) is 49.9 Å². The summed E-state index contributed by atoms with van der Waals surface area (Å²) in [6.45, 7) is 9.32. The maximum atomic E-state index is 6.73. The third-order valence-electron chi connectivity index (χ3n) is 6.33. The summed E-state index contributed by atoms with van der Waals surface area (Å²) in [5, 5.41) is 0.865. The van der Waals surface area contributed by atoms with E-state index in [-0.39, 0.29) is 10.8 Å². The molecule has 0 amide bonds. The van der Waals surface area contributed by atoms with E-state index in [1.54, 1.807) is 0 Å². The lowest BCUT2D eigenvalue weighted by molar-refractivity contribution is 0.647. The van der Waals surface area contributed by atoms with Gasteiger partial charge in [-0.05, 0) is 45.0 Å². The second-order valence-corrected chi connectivity index (χ2v) is 8.78. The molecule has 3 aromatic carbocycles. The SMILES string of the molecule is CC1(C)c2cccc(Cl)c2-c2c1ccc1c2C(C)(C)c2ccccc2-1. The largest absolute Gasteiger partial charge is 0.0837 e. The van der Waals surface area contributed by atoms with Crippen molar-refractivity contribution in [1.29, 1.82) is 0 Å². The Morgan fingerprint density at radius 3 is 2.08 bits per heavy atom. The standard InChI is InChI=1S/C24H21Cl/c1-23(2)17-10-7-11-19(25)20(17)21-18(23)13-12-15-14-8-5-6-9-16(14)24(3,4)22(15)21/h5-13H,1-4H3. The van der Waals surface area contributed by atoms with Gasteiger partial charge in [0.2, 0.25) is 0 Å². The number of fused-ring (bicyclic) bond motifs is 7. The molecule has 1 heteroatoms. The summed E-state index contributed by atoms with van der Waals surface area (Å²) < 4.78 is 0. The molecule has 0 radical (unpaired) electrons. The molecule has 124 valence electrons. The molecule has 25 heavy (non-hydrogen) atoms. The van der Waals surface area contributed by atoms with Crippen molar-refractivity contribution in [2.45, 2.75) is 38.5 Å². The molecule has 0 heterocycles. The molecule has 0 spiro atoms. The van der Waals surface area contributed by atoms with Gasteiger partial charge in [0.15, 0.2) is 0 Å². The van der Waals surface area contributed by atoms with Gasteiger partial charge in [0.1, 0.15) is 0 Å². The summed E-state index contributed by atoms with van der Waals surface area (Å²) in [4.78, 5) is 0. The predicted octanol–water partition coefficient (Wildman–Crippen LogP) is 6.95. The van der Waals surface area contributed by atoms with E-state index in [0.29, 0.717) is 0 Å². The van der Waals surface area contributed by atoms with Crippen molar-refractivity contribution >= 4 is 11.6 Å². The third-order valence-corrected chi connectivity index (χ3v) is 6.65. The zero-order valence-corrected chi connectivity index (χ0v) is 15.8. The molecule has 2 aliphatic carbocycles. The number of halogens is 1. The predicted molar refractivity (Wildman–Crippen MR) is 107 cm³/mol. The van der Waals surface area contributed by atoms with Crippen LogP contribution >= 0.6 is 11.6 Å². The topological polar surface area (TPSA) is 0 Å². The quantitative estimate of drug-likeness (QED) is 0.413. The van der Waals surface area contributed by atoms with E-state index in [1.807, 2.05) is 6.07 Å². The summed E-state index contributed by atoms with van der Waals surface area (Å²) in [5.74, 6) is 0. The molecule has 5 rings (SSSR count). The molecule has 0 atom stereocenters. The number of rotatable bonds is 0. The van der Waals surface area contributed by atoms with Crippen LogP contribution in [0.4, 0.5) is 0 Å². The van der Waals surface area contributed by atoms with Crippen LogP contribution in [-0.4, -0.2) is 0 Å². The Morgan fingerprint density at radius 2 is 1.28 bits per heavy atom. The molecule has 0 N–H and O–H groups in total. The summed E-state index contributed by atoms with van der Waals surface area (Å²) in [7, 11) is 0. The van der Waals surface area contributed by atoms with Gasteiger partial charge in [-0.15, -0.1) is 0 Å². The molecule has 3 aromatic rings. The van der Waals surface area contributed by atoms with Crippen LogP contribution in [0.5, 0.6) is 0 Å². The molecule has 0 aliphatic heterocycles. The molecule has 0 saturated carbocycles. The summed E-state index contributed by atoms with van der Waals surface area (Å²) in [5.41, 5.74) is 10.9. The van der Waals surface area contributed by atoms with Gasteiger partial charge in [-0.2, -0.15) is 0 Å². The fourth-order valence-corrected chi connectivity index (χ4v) is 5.37. The van der Waals surface area contributed by atoms with Crippen molar-refractivity contribution in [2.75, 3.05) is 0 Å². The second kappa shape index (κ2) is 4.56. The van der Waals surface area contributed by atoms with Gasteiger partial charge < -0.3 is 0 Å². The minimum absolute atomic E-state index is 0.0184. The van der Waals surface area contributed by atoms with Crippen molar-refractivity contribution in [2.24, 2.45) is 0 Å². The first-order valence-electron chi connectivity index (χ1n) is 8.92. The molecule has 0 fully saturated rings. The highest BCUT2D eigenvalue weighted by Gasteiger charge is 2.44. The fourth-order valence-electron chi connectivity index (χ4n) is 5.10. The van der Waals surface area contributed by atoms with E-state index in [4.69, 9.17) is 11.6 Å². The zero-order valence-electron chi connectivity index (χ0n) is 15.1. The summed E-state index contributed by atoms with van der Waals surface area (Å²) in [6.07, 6.45) is 0. The Bertz CT molecular complexity index is 1050. The van der Waals surface area contributed by atoms with Crippen molar-refractivity contribution in [1.82, 2.24) is 0 Å². The second-order valence-electron chi connectivity index (χ2n) is 8.37. The van der Waals surface area contributed by atoms with Crippen LogP contribution < -0.4 is 0 Å². The van der Waals surface area contributed by atoms with Crippen LogP contribution in [0.25, 0.3) is 22.3 Å². The number of hydrogen-bond acceptors (Lipinski definition) is 0. The maximum absolute atomic E-state index is 6.73. The molecule has 0 aromatic heterocycles. The van der Waals surface area contributed by atoms with Gasteiger partial charge >= 0.3 is 0 Å². The van der Waals surface area contributed by atoms with E-state index in [0.717, 1.165) is 5.02 Å². The third kappa shape index (κ3) is 1.69. The molecular weight excluding hydrogens is 324 g/mol. The van der Waals surface area contributed by atoms with Gasteiger partial charge in [0.05, 0.1) is 0 Å². The maximum Gasteiger partial charge on any atom is 0.0487 e. The van der Waals surface area contributed by atoms with Crippen LogP contribution in [0.3, 0.4) is 0 Å². The molecular formula is C24H21Cl. The minimum Gasteiger partial charge on any atom is -0.0837 e. The Labute approximate surface area is 154 Å². The number of hydrogen-bond donors (Lipinski definition) is 0. The van der Waals surface area contributed by atoms with E-state index < -0.39 is 0 Å². The lowest BCUT2D eigenvalue weighted by Gasteiger charge is -2.26. The first-order chi connectivity index (χ1) is 11.8. The van der Waals surface area contributed by atoms with Crippen LogP contribution in [0.15, 0.2) is 54.6 Å². The Kier molecular flexibility index (Phi) is 2.78. The highest BCUT2D eigenvalue weighted by atomic mass is 35.5. The highest BCUT2D eigenvalue weighted by Crippen LogP contribution is 2.59. The minimum atomic E-state index is -0.0197. The highest BCUT2D eigenvalue weighted by molar-refractivity contribution is 6.34. The van der Waals surface area contributed by atoms with Gasteiger partial charge in [0, 0.05) is 21.4 Å². The normalized spacial score (nSPS) is 17.6. The van der Waals surface area contributed by atoms with Crippen molar-refractivity contribution in [3.05, 3.63) is 81.9 Å². The first-order valence-corrected chi connectivity index (χ1v) is 9.30. The average Bonchev–Trinajstić information content (AvgIpc) is 2.96. The Balaban J connectivity index is 1.97. The number of benzene rings is 3. The van der Waals surface area contributed by atoms with Gasteiger partial charge in [-0.3, -0.25) is 0 Å². The lowest BCUT2D eigenvalue weighted by Crippen LogP contribution is -2.18. The monoisotopic (exact) mass is 344 g/mol. The molecule has 0 saturated heterocycles. The Hall–Kier alpha value is -2.05. The van der Waals surface area contributed by atoms with Crippen molar-refractivity contribution in [3.63, 3.8) is 0 Å². The molecule has 0 nitrogen and oxygen atoms in total. The Morgan fingerprint density at radius 1 is 0.600 bits per heavy atom. The van der Waals surface area contributed by atoms with Crippen LogP contribution in [-0.2, 0) is 10.8 Å². The molecule has 0 bridgehead atoms. The van der Waals surface area contributed by atoms with E-state index in [9.17, 15) is 0 Å². The summed E-state index contributed by atoms with van der Waals surface area (Å²) >= 11 is 6.73. The van der Waals surface area contributed by atoms with E-state index >= 15 is 0 Å². The van der Waals surface area contributed by atoms with Crippen molar-refractivity contribution < 1.29 is 0 Å². The lowest BCUT2D eigenvalue weighted by atomic mass is 9.77. The van der Waals surface area contributed by atoms with Crippen LogP contribution in [0.2, 0.25) is 5.02 Å². The van der Waals surface area contributed by atoms with Gasteiger partial charge in [-0.25, -0.2) is 0 Å². The smallest absolute Gasteiger partial charge is 0.0487 e. The van der Waals surface area contributed by atoms with Crippen molar-refractivity contribution in [3.8, 4) is 22.3 Å². The van der Waals surface area contributed by atoms with Gasteiger partial charge in [0.25, 0.3) is 0 Å². The molecule has 0 unspecified atom stereocenters. The van der Waals surface area contributed by atoms with Gasteiger partial charge in [-0.1, -0.05) is 87.8 Å². The first kappa shape index (κ1) is 15.2. The zero-order chi connectivity index (χ0) is 17.6. The fraction of sp³-hybridized carbons (Fsp3) is 0.250. The summed E-state index contributed by atoms with van der Waals surface area (Å²) in [6, 6.07) is 19.8. The molecule has 2 aliphatic rings. The average molecular weight is 345 g/mol. The van der Waals surface area contributed by atoms with E-state index in [1.165, 1.54) is 44.5 Å². The van der Waals surface area contributed by atoms with Crippen LogP contribution in [0, 0.1) is 0 Å².